The van der Waals surface area contributed by atoms with Gasteiger partial charge < -0.3 is 11.1 Å². The first-order chi connectivity index (χ1) is 19.2. The molecular weight excluding hydrogens is 521 g/mol. The van der Waals surface area contributed by atoms with Gasteiger partial charge in [0.1, 0.15) is 11.6 Å². The number of aromatic nitrogens is 4. The smallest absolute Gasteiger partial charge is 0.369 e. The number of pyridine rings is 1. The predicted octanol–water partition coefficient (Wildman–Crippen LogP) is 4.33. The third-order valence-corrected chi connectivity index (χ3v) is 6.71. The van der Waals surface area contributed by atoms with Crippen LogP contribution in [-0.4, -0.2) is 49.8 Å². The highest BCUT2D eigenvalue weighted by atomic mass is 19.4. The minimum Gasteiger partial charge on any atom is -0.369 e. The van der Waals surface area contributed by atoms with Crippen molar-refractivity contribution in [1.82, 2.24) is 24.3 Å². The van der Waals surface area contributed by atoms with Crippen molar-refractivity contribution in [2.75, 3.05) is 30.7 Å². The van der Waals surface area contributed by atoms with Gasteiger partial charge >= 0.3 is 6.18 Å². The van der Waals surface area contributed by atoms with E-state index in [1.54, 1.807) is 19.2 Å². The maximum Gasteiger partial charge on any atom is 0.417 e. The number of carbonyl (C=O) groups is 1. The summed E-state index contributed by atoms with van der Waals surface area (Å²) in [7, 11) is 0. The summed E-state index contributed by atoms with van der Waals surface area (Å²) in [5.74, 6) is 5.20. The Kier molecular flexibility index (Phi) is 7.11. The molecule has 12 heteroatoms. The van der Waals surface area contributed by atoms with Crippen LogP contribution in [0, 0.1) is 23.2 Å². The average molecular weight is 545 g/mol. The van der Waals surface area contributed by atoms with Crippen LogP contribution in [0.15, 0.2) is 48.8 Å². The molecule has 1 unspecified atom stereocenters. The SMILES string of the molecule is CC#CCN1CCC(c2nc(-c3ccc(C(=O)Nc4cc(C#N)ccn4)c(C(F)(F)F)c3)n3c(N)nccc23)C1. The van der Waals surface area contributed by atoms with E-state index >= 15 is 0 Å². The Morgan fingerprint density at radius 1 is 1.20 bits per heavy atom. The van der Waals surface area contributed by atoms with Gasteiger partial charge in [-0.15, -0.1) is 5.92 Å². The van der Waals surface area contributed by atoms with Gasteiger partial charge in [0.05, 0.1) is 40.5 Å². The van der Waals surface area contributed by atoms with Gasteiger partial charge in [-0.25, -0.2) is 15.0 Å². The highest BCUT2D eigenvalue weighted by Gasteiger charge is 2.36. The molecule has 3 aromatic heterocycles. The zero-order valence-corrected chi connectivity index (χ0v) is 21.3. The molecule has 0 spiro atoms. The Morgan fingerprint density at radius 2 is 2.00 bits per heavy atom. The molecule has 4 aromatic rings. The molecule has 3 N–H and O–H groups in total. The molecule has 4 heterocycles. The van der Waals surface area contributed by atoms with Gasteiger partial charge in [0.15, 0.2) is 0 Å². The molecule has 1 fully saturated rings. The summed E-state index contributed by atoms with van der Waals surface area (Å²) in [6, 6.07) is 9.69. The van der Waals surface area contributed by atoms with E-state index in [0.29, 0.717) is 18.6 Å². The number of nitrogens with zero attached hydrogens (tertiary/aromatic N) is 6. The summed E-state index contributed by atoms with van der Waals surface area (Å²) in [4.78, 5) is 27.9. The first kappa shape index (κ1) is 26.7. The number of imidazole rings is 1. The van der Waals surface area contributed by atoms with Gasteiger partial charge in [0.2, 0.25) is 5.95 Å². The molecule has 5 rings (SSSR count). The van der Waals surface area contributed by atoms with Crippen LogP contribution in [0.25, 0.3) is 16.9 Å². The number of halogens is 3. The Hall–Kier alpha value is -4.94. The second kappa shape index (κ2) is 10.7. The number of nitrogen functional groups attached to an aromatic ring is 1. The number of anilines is 2. The Morgan fingerprint density at radius 3 is 2.75 bits per heavy atom. The summed E-state index contributed by atoms with van der Waals surface area (Å²) in [6.45, 7) is 3.94. The molecular formula is C28H23F3N8O. The summed E-state index contributed by atoms with van der Waals surface area (Å²) < 4.78 is 44.2. The first-order valence-electron chi connectivity index (χ1n) is 12.3. The van der Waals surface area contributed by atoms with Crippen LogP contribution in [0.3, 0.4) is 0 Å². The largest absolute Gasteiger partial charge is 0.417 e. The van der Waals surface area contributed by atoms with Crippen molar-refractivity contribution in [3.8, 4) is 29.3 Å². The van der Waals surface area contributed by atoms with Crippen molar-refractivity contribution in [1.29, 1.82) is 5.26 Å². The number of likely N-dealkylation sites (tertiary alicyclic amines) is 1. The molecule has 0 bridgehead atoms. The van der Waals surface area contributed by atoms with E-state index in [0.717, 1.165) is 30.8 Å². The molecule has 1 aliphatic rings. The molecule has 1 saturated heterocycles. The summed E-state index contributed by atoms with van der Waals surface area (Å²) in [5.41, 5.74) is 6.14. The maximum absolute atomic E-state index is 14.2. The van der Waals surface area contributed by atoms with Gasteiger partial charge in [-0.1, -0.05) is 12.0 Å². The monoisotopic (exact) mass is 544 g/mol. The number of nitriles is 1. The van der Waals surface area contributed by atoms with Crippen molar-refractivity contribution < 1.29 is 18.0 Å². The lowest BCUT2D eigenvalue weighted by atomic mass is 10.0. The fourth-order valence-electron chi connectivity index (χ4n) is 4.84. The Labute approximate surface area is 227 Å². The number of carbonyl (C=O) groups excluding carboxylic acids is 1. The third kappa shape index (κ3) is 5.17. The minimum atomic E-state index is -4.85. The number of hydrogen-bond donors (Lipinski definition) is 2. The topological polar surface area (TPSA) is 125 Å². The van der Waals surface area contributed by atoms with Gasteiger partial charge in [0, 0.05) is 30.4 Å². The Balaban J connectivity index is 1.55. The number of rotatable bonds is 5. The number of amides is 1. The molecule has 0 saturated carbocycles. The van der Waals surface area contributed by atoms with E-state index < -0.39 is 23.2 Å². The van der Waals surface area contributed by atoms with Crippen molar-refractivity contribution in [3.05, 3.63) is 71.2 Å². The van der Waals surface area contributed by atoms with E-state index in [1.807, 2.05) is 6.07 Å². The minimum absolute atomic E-state index is 0.0352. The molecule has 0 radical (unpaired) electrons. The highest BCUT2D eigenvalue weighted by molar-refractivity contribution is 6.05. The number of nitrogens with two attached hydrogens (primary N) is 1. The van der Waals surface area contributed by atoms with Crippen LogP contribution in [0.1, 0.15) is 46.4 Å². The number of hydrogen-bond acceptors (Lipinski definition) is 7. The second-order valence-electron chi connectivity index (χ2n) is 9.25. The highest BCUT2D eigenvalue weighted by Crippen LogP contribution is 2.38. The number of fused-ring (bicyclic) bond motifs is 1. The van der Waals surface area contributed by atoms with Crippen LogP contribution >= 0.6 is 0 Å². The van der Waals surface area contributed by atoms with Crippen molar-refractivity contribution in [2.24, 2.45) is 0 Å². The lowest BCUT2D eigenvalue weighted by Gasteiger charge is -2.14. The summed E-state index contributed by atoms with van der Waals surface area (Å²) in [5, 5.41) is 11.4. The molecule has 1 amide bonds. The van der Waals surface area contributed by atoms with Crippen LogP contribution in [0.2, 0.25) is 0 Å². The number of alkyl halides is 3. The van der Waals surface area contributed by atoms with Crippen molar-refractivity contribution in [3.63, 3.8) is 0 Å². The second-order valence-corrected chi connectivity index (χ2v) is 9.25. The molecule has 1 aliphatic heterocycles. The van der Waals surface area contributed by atoms with Crippen molar-refractivity contribution in [2.45, 2.75) is 25.4 Å². The van der Waals surface area contributed by atoms with E-state index in [1.165, 1.54) is 28.8 Å². The van der Waals surface area contributed by atoms with E-state index in [2.05, 4.69) is 32.0 Å². The van der Waals surface area contributed by atoms with E-state index in [-0.39, 0.29) is 34.6 Å². The van der Waals surface area contributed by atoms with E-state index in [4.69, 9.17) is 16.0 Å². The van der Waals surface area contributed by atoms with Crippen LogP contribution in [-0.2, 0) is 6.18 Å². The standard InChI is InChI=1S/C28H23F3N8O/c1-2-3-11-38-12-8-19(16-38)24-22-7-10-35-27(33)39(22)25(37-24)18-4-5-20(21(14-18)28(29,30)31)26(40)36-23-13-17(15-32)6-9-34-23/h4-7,9-10,13-14,19H,8,11-12,16H2,1H3,(H2,33,35)(H,34,36,40). The molecule has 1 atom stereocenters. The lowest BCUT2D eigenvalue weighted by molar-refractivity contribution is -0.137. The summed E-state index contributed by atoms with van der Waals surface area (Å²) >= 11 is 0. The third-order valence-electron chi connectivity index (χ3n) is 6.71. The quantitative estimate of drug-likeness (QED) is 0.358. The number of benzene rings is 1. The zero-order valence-electron chi connectivity index (χ0n) is 21.3. The molecule has 9 nitrogen and oxygen atoms in total. The Bertz CT molecular complexity index is 1710. The maximum atomic E-state index is 14.2. The zero-order chi connectivity index (χ0) is 28.4. The van der Waals surface area contributed by atoms with Crippen LogP contribution < -0.4 is 11.1 Å². The van der Waals surface area contributed by atoms with Gasteiger partial charge in [-0.2, -0.15) is 18.4 Å². The normalized spacial score (nSPS) is 15.4. The van der Waals surface area contributed by atoms with Gasteiger partial charge in [-0.3, -0.25) is 14.1 Å². The fraction of sp³-hybridized carbons (Fsp3) is 0.250. The fourth-order valence-corrected chi connectivity index (χ4v) is 4.84. The molecule has 40 heavy (non-hydrogen) atoms. The number of nitrogens with one attached hydrogen (secondary N) is 1. The van der Waals surface area contributed by atoms with Gasteiger partial charge in [-0.05, 0) is 50.2 Å². The predicted molar refractivity (Wildman–Crippen MR) is 142 cm³/mol. The van der Waals surface area contributed by atoms with E-state index in [9.17, 15) is 18.0 Å². The lowest BCUT2D eigenvalue weighted by Crippen LogP contribution is -2.20. The first-order valence-corrected chi connectivity index (χ1v) is 12.3. The summed E-state index contributed by atoms with van der Waals surface area (Å²) in [6.07, 6.45) is -1.22. The van der Waals surface area contributed by atoms with Crippen molar-refractivity contribution >= 4 is 23.2 Å². The van der Waals surface area contributed by atoms with Crippen LogP contribution in [0.5, 0.6) is 0 Å². The molecule has 1 aromatic carbocycles. The van der Waals surface area contributed by atoms with Crippen LogP contribution in [0.4, 0.5) is 24.9 Å². The average Bonchev–Trinajstić information content (AvgIpc) is 3.57. The molecule has 0 aliphatic carbocycles. The van der Waals surface area contributed by atoms with Gasteiger partial charge in [0.25, 0.3) is 5.91 Å². The molecule has 202 valence electrons.